The Balaban J connectivity index is 1.24. The SMILES string of the molecule is CO[C@H]1CCC(O[C@H]2C[C@H]([C@]3(C)CC[C@]4(C[C@H](O)[C@@H](C)[C@@H]([C@@H](C)C=C(C)C(=O)[C@H](C)C[C@H](C)C(=O)[O-])O4)O3)O[C@]3(O[C@@H]([C@H]4O[C@@](O)(CO)[C@H](C)C[C@@H]4C)C[C@@H]3C)[C@@H]2C)O[C@@H]1C. The number of carboxylic acids is 1. The van der Waals surface area contributed by atoms with Gasteiger partial charge in [0.2, 0.25) is 0 Å². The number of methoxy groups -OCH3 is 1. The summed E-state index contributed by atoms with van der Waals surface area (Å²) in [6, 6.07) is 0. The van der Waals surface area contributed by atoms with Crippen LogP contribution >= 0.6 is 0 Å². The molecule has 6 aliphatic heterocycles. The second-order valence-corrected chi connectivity index (χ2v) is 20.6. The van der Waals surface area contributed by atoms with Crippen molar-refractivity contribution >= 4 is 11.8 Å². The molecule has 6 fully saturated rings. The molecule has 14 nitrogen and oxygen atoms in total. The molecular weight excluding hydrogens is 789 g/mol. The summed E-state index contributed by atoms with van der Waals surface area (Å²) in [6.45, 7) is 20.7. The highest BCUT2D eigenvalue weighted by atomic mass is 16.8. The van der Waals surface area contributed by atoms with E-state index in [9.17, 15) is 30.0 Å². The number of aliphatic hydroxyl groups is 3. The fourth-order valence-corrected chi connectivity index (χ4v) is 11.8. The number of allylic oxidation sites excluding steroid dienone is 1. The predicted octanol–water partition coefficient (Wildman–Crippen LogP) is 4.81. The second-order valence-electron chi connectivity index (χ2n) is 20.6. The van der Waals surface area contributed by atoms with Gasteiger partial charge in [-0.15, -0.1) is 0 Å². The highest BCUT2D eigenvalue weighted by molar-refractivity contribution is 5.96. The van der Waals surface area contributed by atoms with Crippen LogP contribution in [-0.4, -0.2) is 119 Å². The third-order valence-electron chi connectivity index (χ3n) is 15.8. The number of carbonyl (C=O) groups is 2. The number of aliphatic carboxylic acids is 1. The van der Waals surface area contributed by atoms with E-state index in [4.69, 9.17) is 37.9 Å². The largest absolute Gasteiger partial charge is 0.550 e. The van der Waals surface area contributed by atoms with E-state index in [1.807, 2.05) is 40.7 Å². The molecule has 6 heterocycles. The van der Waals surface area contributed by atoms with Crippen molar-refractivity contribution in [3.05, 3.63) is 11.6 Å². The normalized spacial score (nSPS) is 48.6. The molecule has 0 aliphatic carbocycles. The number of aliphatic hydroxyl groups excluding tert-OH is 2. The van der Waals surface area contributed by atoms with Crippen LogP contribution in [0.5, 0.6) is 0 Å². The van der Waals surface area contributed by atoms with Crippen LogP contribution in [0.1, 0.15) is 134 Å². The van der Waals surface area contributed by atoms with Crippen LogP contribution in [0.2, 0.25) is 0 Å². The summed E-state index contributed by atoms with van der Waals surface area (Å²) in [5.74, 6) is -7.48. The highest BCUT2D eigenvalue weighted by Crippen LogP contribution is 2.56. The van der Waals surface area contributed by atoms with Gasteiger partial charge in [-0.3, -0.25) is 4.79 Å². The second kappa shape index (κ2) is 18.7. The first-order chi connectivity index (χ1) is 28.5. The molecule has 6 aliphatic rings. The van der Waals surface area contributed by atoms with Crippen LogP contribution < -0.4 is 5.11 Å². The fraction of sp³-hybridized carbons (Fsp3) is 0.915. The molecule has 6 rings (SSSR count). The minimum absolute atomic E-state index is 0.0151. The van der Waals surface area contributed by atoms with Gasteiger partial charge in [0.05, 0.1) is 61.0 Å². The van der Waals surface area contributed by atoms with Crippen molar-refractivity contribution in [1.29, 1.82) is 0 Å². The Kier molecular flexibility index (Phi) is 15.0. The zero-order valence-electron chi connectivity index (χ0n) is 38.8. The van der Waals surface area contributed by atoms with E-state index in [2.05, 4.69) is 20.8 Å². The lowest BCUT2D eigenvalue weighted by molar-refractivity contribution is -0.390. The third kappa shape index (κ3) is 9.71. The molecule has 2 spiro atoms. The summed E-state index contributed by atoms with van der Waals surface area (Å²) in [6.07, 6.45) is 3.10. The first-order valence-electron chi connectivity index (χ1n) is 23.2. The molecule has 1 unspecified atom stereocenters. The third-order valence-corrected chi connectivity index (χ3v) is 15.8. The number of carboxylic acid groups (broad SMARTS) is 1. The topological polar surface area (TPSA) is 192 Å². The number of Topliss-reactive ketones (excluding diaryl/α,β-unsaturated/α-hetero) is 1. The lowest BCUT2D eigenvalue weighted by Gasteiger charge is -2.54. The molecule has 0 aromatic rings. The number of rotatable bonds is 13. The van der Waals surface area contributed by atoms with Crippen molar-refractivity contribution in [1.82, 2.24) is 0 Å². The van der Waals surface area contributed by atoms with E-state index in [0.29, 0.717) is 44.1 Å². The van der Waals surface area contributed by atoms with Gasteiger partial charge >= 0.3 is 0 Å². The van der Waals surface area contributed by atoms with Crippen molar-refractivity contribution in [2.45, 2.75) is 212 Å². The van der Waals surface area contributed by atoms with Crippen LogP contribution in [0.25, 0.3) is 0 Å². The molecule has 0 aromatic carbocycles. The summed E-state index contributed by atoms with van der Waals surface area (Å²) in [7, 11) is 1.70. The van der Waals surface area contributed by atoms with Gasteiger partial charge in [0.1, 0.15) is 0 Å². The maximum Gasteiger partial charge on any atom is 0.192 e. The lowest BCUT2D eigenvalue weighted by atomic mass is 9.76. The molecule has 0 aromatic heterocycles. The Hall–Kier alpha value is -1.56. The van der Waals surface area contributed by atoms with Crippen LogP contribution in [0.15, 0.2) is 11.6 Å². The number of ketones is 1. The molecule has 0 radical (unpaired) electrons. The van der Waals surface area contributed by atoms with Gasteiger partial charge in [0.15, 0.2) is 29.4 Å². The zero-order valence-corrected chi connectivity index (χ0v) is 38.8. The Morgan fingerprint density at radius 3 is 2.26 bits per heavy atom. The first kappa shape index (κ1) is 48.9. The fourth-order valence-electron chi connectivity index (χ4n) is 11.8. The number of carbonyl (C=O) groups excluding carboxylic acids is 2. The lowest BCUT2D eigenvalue weighted by Crippen LogP contribution is -2.63. The Morgan fingerprint density at radius 1 is 0.918 bits per heavy atom. The summed E-state index contributed by atoms with van der Waals surface area (Å²) in [4.78, 5) is 24.7. The Labute approximate surface area is 363 Å². The molecule has 14 heteroatoms. The molecule has 61 heavy (non-hydrogen) atoms. The van der Waals surface area contributed by atoms with Crippen molar-refractivity contribution in [3.63, 3.8) is 0 Å². The number of hydrogen-bond acceptors (Lipinski definition) is 14. The first-order valence-corrected chi connectivity index (χ1v) is 23.2. The highest BCUT2D eigenvalue weighted by Gasteiger charge is 2.65. The quantitative estimate of drug-likeness (QED) is 0.214. The van der Waals surface area contributed by atoms with Gasteiger partial charge in [-0.05, 0) is 70.3 Å². The van der Waals surface area contributed by atoms with Gasteiger partial charge < -0.3 is 63.1 Å². The van der Waals surface area contributed by atoms with Gasteiger partial charge in [-0.2, -0.15) is 0 Å². The predicted molar refractivity (Wildman–Crippen MR) is 221 cm³/mol. The zero-order chi connectivity index (χ0) is 45.0. The van der Waals surface area contributed by atoms with Crippen molar-refractivity contribution < 1.29 is 67.9 Å². The maximum atomic E-state index is 13.3. The monoisotopic (exact) mass is 866 g/mol. The van der Waals surface area contributed by atoms with E-state index in [-0.39, 0.29) is 72.4 Å². The van der Waals surface area contributed by atoms with E-state index < -0.39 is 84.2 Å². The molecule has 3 N–H and O–H groups in total. The molecule has 6 saturated heterocycles. The average molecular weight is 866 g/mol. The maximum absolute atomic E-state index is 13.3. The van der Waals surface area contributed by atoms with Crippen molar-refractivity contribution in [2.24, 2.45) is 47.3 Å². The molecule has 21 atom stereocenters. The van der Waals surface area contributed by atoms with E-state index >= 15 is 0 Å². The molecule has 350 valence electrons. The van der Waals surface area contributed by atoms with E-state index in [0.717, 1.165) is 6.42 Å². The molecule has 0 bridgehead atoms. The molecule has 0 amide bonds. The smallest absolute Gasteiger partial charge is 0.192 e. The van der Waals surface area contributed by atoms with Crippen molar-refractivity contribution in [3.8, 4) is 0 Å². The van der Waals surface area contributed by atoms with Gasteiger partial charge in [0, 0.05) is 74.3 Å². The summed E-state index contributed by atoms with van der Waals surface area (Å²) < 4.78 is 53.9. The van der Waals surface area contributed by atoms with Gasteiger partial charge in [-0.1, -0.05) is 61.5 Å². The van der Waals surface area contributed by atoms with Crippen LogP contribution in [0.3, 0.4) is 0 Å². The van der Waals surface area contributed by atoms with Crippen LogP contribution in [0, 0.1) is 47.3 Å². The Morgan fingerprint density at radius 2 is 1.62 bits per heavy atom. The number of ether oxygens (including phenoxy) is 8. The van der Waals surface area contributed by atoms with Gasteiger partial charge in [-0.25, -0.2) is 0 Å². The van der Waals surface area contributed by atoms with E-state index in [1.54, 1.807) is 27.9 Å². The van der Waals surface area contributed by atoms with Crippen LogP contribution in [-0.2, 0) is 47.5 Å². The average Bonchev–Trinajstić information content (AvgIpc) is 3.71. The minimum atomic E-state index is -1.67. The molecule has 0 saturated carbocycles. The summed E-state index contributed by atoms with van der Waals surface area (Å²) >= 11 is 0. The van der Waals surface area contributed by atoms with Gasteiger partial charge in [0.25, 0.3) is 0 Å². The summed E-state index contributed by atoms with van der Waals surface area (Å²) in [5, 5.41) is 44.4. The number of hydrogen-bond donors (Lipinski definition) is 3. The Bertz CT molecular complexity index is 1570. The van der Waals surface area contributed by atoms with Crippen LogP contribution in [0.4, 0.5) is 0 Å². The van der Waals surface area contributed by atoms with Crippen molar-refractivity contribution in [2.75, 3.05) is 13.7 Å². The standard InChI is InChI=1S/C47H78O14/c1-24(40(50)25(2)18-28(5)43(51)52)17-26(3)41-31(8)34(49)22-45(59-41)16-15-44(11,61-45)38-21-36(56-39-14-13-35(54-12)33(10)55-39)32(9)47(58-38)30(7)20-37(57-47)42-27(4)19-29(6)46(53,23-48)60-42/h17,25-39,41-42,48-49,53H,13-16,18-23H2,1-12H3,(H,51,52)/p-1/t25-,26+,27+,28+,29-,30+,31-,32-,33-,34+,35+,36+,37-,38-,39?,41-,42+,44+,45-,46+,47+/m1/s1. The summed E-state index contributed by atoms with van der Waals surface area (Å²) in [5.41, 5.74) is -0.352. The molecular formula is C47H77O14-. The van der Waals surface area contributed by atoms with E-state index in [1.165, 1.54) is 0 Å². The minimum Gasteiger partial charge on any atom is -0.550 e.